The van der Waals surface area contributed by atoms with Crippen molar-refractivity contribution < 1.29 is 14.3 Å². The molecule has 0 radical (unpaired) electrons. The van der Waals surface area contributed by atoms with Gasteiger partial charge < -0.3 is 14.6 Å². The number of aromatic nitrogens is 2. The van der Waals surface area contributed by atoms with E-state index < -0.39 is 18.0 Å². The lowest BCUT2D eigenvalue weighted by molar-refractivity contribution is -0.123. The lowest BCUT2D eigenvalue weighted by atomic mass is 10.2. The minimum absolute atomic E-state index is 0.168. The van der Waals surface area contributed by atoms with Gasteiger partial charge in [0.05, 0.1) is 11.3 Å². The molecule has 1 atom stereocenters. The summed E-state index contributed by atoms with van der Waals surface area (Å²) in [5.74, 6) is -1.04. The fraction of sp³-hybridized carbons (Fsp3) is 0.227. The maximum Gasteiger partial charge on any atom is 0.340 e. The van der Waals surface area contributed by atoms with E-state index in [4.69, 9.17) is 16.3 Å². The van der Waals surface area contributed by atoms with Crippen molar-refractivity contribution >= 4 is 29.2 Å². The molecule has 7 heteroatoms. The van der Waals surface area contributed by atoms with Gasteiger partial charge in [-0.25, -0.2) is 9.78 Å². The van der Waals surface area contributed by atoms with Crippen LogP contribution >= 0.6 is 11.6 Å². The highest BCUT2D eigenvalue weighted by Gasteiger charge is 2.23. The molecule has 150 valence electrons. The quantitative estimate of drug-likeness (QED) is 0.490. The zero-order valence-corrected chi connectivity index (χ0v) is 17.4. The molecule has 0 saturated carbocycles. The number of nitrogens with one attached hydrogen (secondary N) is 1. The molecule has 1 N–H and O–H groups in total. The number of amides is 1. The van der Waals surface area contributed by atoms with Crippen molar-refractivity contribution in [3.8, 4) is 5.69 Å². The van der Waals surface area contributed by atoms with Gasteiger partial charge in [-0.3, -0.25) is 4.79 Å². The third-order valence-electron chi connectivity index (χ3n) is 4.58. The predicted octanol–water partition coefficient (Wildman–Crippen LogP) is 4.63. The molecule has 0 aliphatic rings. The van der Waals surface area contributed by atoms with E-state index in [-0.39, 0.29) is 5.15 Å². The lowest BCUT2D eigenvalue weighted by Gasteiger charge is -2.14. The van der Waals surface area contributed by atoms with Crippen LogP contribution in [0.25, 0.3) is 5.69 Å². The first-order valence-electron chi connectivity index (χ1n) is 9.16. The van der Waals surface area contributed by atoms with Gasteiger partial charge in [-0.1, -0.05) is 23.7 Å². The van der Waals surface area contributed by atoms with Crippen molar-refractivity contribution in [3.63, 3.8) is 0 Å². The summed E-state index contributed by atoms with van der Waals surface area (Å²) in [6.07, 6.45) is 0.520. The predicted molar refractivity (Wildman–Crippen MR) is 113 cm³/mol. The van der Waals surface area contributed by atoms with Crippen LogP contribution in [0.2, 0.25) is 5.15 Å². The van der Waals surface area contributed by atoms with Crippen LogP contribution in [0.3, 0.4) is 0 Å². The SMILES string of the molecule is Cc1cccc(-n2c(C)cc(C(=O)OC(C)C(=O)Nc3cccnc3Cl)c2C)c1. The van der Waals surface area contributed by atoms with Gasteiger partial charge >= 0.3 is 5.97 Å². The molecule has 1 unspecified atom stereocenters. The van der Waals surface area contributed by atoms with Crippen LogP contribution in [-0.4, -0.2) is 27.5 Å². The minimum atomic E-state index is -0.999. The number of benzene rings is 1. The van der Waals surface area contributed by atoms with Gasteiger partial charge in [0.25, 0.3) is 5.91 Å². The number of carbonyl (C=O) groups is 2. The molecule has 2 aromatic heterocycles. The number of hydrogen-bond acceptors (Lipinski definition) is 4. The van der Waals surface area contributed by atoms with E-state index in [2.05, 4.69) is 10.3 Å². The van der Waals surface area contributed by atoms with Gasteiger partial charge in [-0.15, -0.1) is 0 Å². The van der Waals surface area contributed by atoms with Crippen LogP contribution in [0.4, 0.5) is 5.69 Å². The Morgan fingerprint density at radius 3 is 2.59 bits per heavy atom. The van der Waals surface area contributed by atoms with Crippen molar-refractivity contribution in [1.29, 1.82) is 0 Å². The molecule has 0 bridgehead atoms. The Morgan fingerprint density at radius 1 is 1.14 bits per heavy atom. The van der Waals surface area contributed by atoms with Gasteiger partial charge in [0, 0.05) is 23.3 Å². The Balaban J connectivity index is 1.76. The smallest absolute Gasteiger partial charge is 0.340 e. The molecular formula is C22H22ClN3O3. The second kappa shape index (κ2) is 8.49. The molecule has 2 heterocycles. The van der Waals surface area contributed by atoms with E-state index in [1.54, 1.807) is 18.2 Å². The Labute approximate surface area is 174 Å². The zero-order chi connectivity index (χ0) is 21.1. The van der Waals surface area contributed by atoms with Crippen LogP contribution in [0.1, 0.15) is 34.2 Å². The highest BCUT2D eigenvalue weighted by Crippen LogP contribution is 2.23. The number of nitrogens with zero attached hydrogens (tertiary/aromatic N) is 2. The standard InChI is InChI=1S/C22H22ClN3O3/c1-13-7-5-8-17(11-13)26-14(2)12-18(15(26)3)22(28)29-16(4)21(27)25-19-9-6-10-24-20(19)23/h5-12,16H,1-4H3,(H,25,27). The molecule has 0 saturated heterocycles. The summed E-state index contributed by atoms with van der Waals surface area (Å²) in [4.78, 5) is 29.0. The molecule has 1 aromatic carbocycles. The molecule has 6 nitrogen and oxygen atoms in total. The van der Waals surface area contributed by atoms with Crippen molar-refractivity contribution in [3.05, 3.63) is 76.3 Å². The molecule has 0 aliphatic carbocycles. The fourth-order valence-electron chi connectivity index (χ4n) is 3.13. The van der Waals surface area contributed by atoms with E-state index >= 15 is 0 Å². The van der Waals surface area contributed by atoms with Crippen molar-refractivity contribution in [1.82, 2.24) is 9.55 Å². The second-order valence-corrected chi connectivity index (χ2v) is 7.20. The monoisotopic (exact) mass is 411 g/mol. The molecular weight excluding hydrogens is 390 g/mol. The van der Waals surface area contributed by atoms with Crippen LogP contribution in [0.15, 0.2) is 48.7 Å². The van der Waals surface area contributed by atoms with Gasteiger partial charge in [-0.05, 0) is 63.6 Å². The van der Waals surface area contributed by atoms with Crippen LogP contribution < -0.4 is 5.32 Å². The number of hydrogen-bond donors (Lipinski definition) is 1. The normalized spacial score (nSPS) is 11.8. The largest absolute Gasteiger partial charge is 0.449 e. The topological polar surface area (TPSA) is 73.2 Å². The molecule has 3 aromatic rings. The van der Waals surface area contributed by atoms with E-state index in [9.17, 15) is 9.59 Å². The van der Waals surface area contributed by atoms with Gasteiger partial charge in [-0.2, -0.15) is 0 Å². The molecule has 0 spiro atoms. The molecule has 3 rings (SSSR count). The summed E-state index contributed by atoms with van der Waals surface area (Å²) in [5.41, 5.74) is 4.53. The summed E-state index contributed by atoms with van der Waals surface area (Å²) in [5, 5.41) is 2.78. The summed E-state index contributed by atoms with van der Waals surface area (Å²) in [7, 11) is 0. The zero-order valence-electron chi connectivity index (χ0n) is 16.7. The van der Waals surface area contributed by atoms with Gasteiger partial charge in [0.15, 0.2) is 11.3 Å². The first kappa shape index (κ1) is 20.6. The third kappa shape index (κ3) is 4.49. The van der Waals surface area contributed by atoms with Crippen LogP contribution in [-0.2, 0) is 9.53 Å². The highest BCUT2D eigenvalue weighted by atomic mass is 35.5. The van der Waals surface area contributed by atoms with Crippen molar-refractivity contribution in [2.45, 2.75) is 33.8 Å². The number of halogens is 1. The summed E-state index contributed by atoms with van der Waals surface area (Å²) in [6, 6.07) is 13.1. The maximum absolute atomic E-state index is 12.7. The average molecular weight is 412 g/mol. The minimum Gasteiger partial charge on any atom is -0.449 e. The maximum atomic E-state index is 12.7. The van der Waals surface area contributed by atoms with Gasteiger partial charge in [0.2, 0.25) is 0 Å². The Bertz CT molecular complexity index is 1070. The number of ether oxygens (including phenoxy) is 1. The third-order valence-corrected chi connectivity index (χ3v) is 4.88. The number of esters is 1. The number of carbonyl (C=O) groups excluding carboxylic acids is 2. The van der Waals surface area contributed by atoms with Crippen LogP contribution in [0.5, 0.6) is 0 Å². The van der Waals surface area contributed by atoms with Crippen LogP contribution in [0, 0.1) is 20.8 Å². The van der Waals surface area contributed by atoms with Crippen molar-refractivity contribution in [2.24, 2.45) is 0 Å². The molecule has 0 aliphatic heterocycles. The Hall–Kier alpha value is -3.12. The first-order valence-corrected chi connectivity index (χ1v) is 9.54. The average Bonchev–Trinajstić information content (AvgIpc) is 2.97. The molecule has 1 amide bonds. The number of pyridine rings is 1. The number of anilines is 1. The summed E-state index contributed by atoms with van der Waals surface area (Å²) in [6.45, 7) is 7.30. The summed E-state index contributed by atoms with van der Waals surface area (Å²) >= 11 is 5.95. The van der Waals surface area contributed by atoms with E-state index in [0.717, 1.165) is 22.6 Å². The lowest BCUT2D eigenvalue weighted by Crippen LogP contribution is -2.30. The highest BCUT2D eigenvalue weighted by molar-refractivity contribution is 6.32. The number of rotatable bonds is 5. The van der Waals surface area contributed by atoms with E-state index in [0.29, 0.717) is 11.3 Å². The number of aryl methyl sites for hydroxylation is 2. The van der Waals surface area contributed by atoms with Crippen molar-refractivity contribution in [2.75, 3.05) is 5.32 Å². The first-order chi connectivity index (χ1) is 13.8. The van der Waals surface area contributed by atoms with Gasteiger partial charge in [0.1, 0.15) is 0 Å². The second-order valence-electron chi connectivity index (χ2n) is 6.84. The summed E-state index contributed by atoms with van der Waals surface area (Å²) < 4.78 is 7.38. The van der Waals surface area contributed by atoms with E-state index in [1.165, 1.54) is 13.1 Å². The Morgan fingerprint density at radius 2 is 1.90 bits per heavy atom. The molecule has 0 fully saturated rings. The molecule has 29 heavy (non-hydrogen) atoms. The van der Waals surface area contributed by atoms with E-state index in [1.807, 2.05) is 49.6 Å². The fourth-order valence-corrected chi connectivity index (χ4v) is 3.29. The Kier molecular flexibility index (Phi) is 6.03.